The smallest absolute Gasteiger partial charge is 0.410 e. The summed E-state index contributed by atoms with van der Waals surface area (Å²) in [7, 11) is 0. The van der Waals surface area contributed by atoms with E-state index in [1.54, 1.807) is 4.90 Å². The van der Waals surface area contributed by atoms with Crippen LogP contribution in [0.1, 0.15) is 63.3 Å². The number of fused-ring (bicyclic) bond motifs is 3. The maximum absolute atomic E-state index is 13.0. The van der Waals surface area contributed by atoms with Crippen molar-refractivity contribution in [2.24, 2.45) is 5.41 Å². The van der Waals surface area contributed by atoms with E-state index in [9.17, 15) is 14.7 Å². The molecule has 0 spiro atoms. The number of aliphatic hydroxyl groups excluding tert-OH is 1. The molecule has 11 heteroatoms. The Morgan fingerprint density at radius 1 is 1.05 bits per heavy atom. The summed E-state index contributed by atoms with van der Waals surface area (Å²) >= 11 is 0. The zero-order chi connectivity index (χ0) is 29.5. The van der Waals surface area contributed by atoms with Crippen LogP contribution in [-0.2, 0) is 29.0 Å². The number of anilines is 1. The number of carbonyl (C=O) groups is 2. The third-order valence-electron chi connectivity index (χ3n) is 8.67. The first-order chi connectivity index (χ1) is 20.1. The third kappa shape index (κ3) is 6.11. The van der Waals surface area contributed by atoms with Crippen LogP contribution in [0.15, 0.2) is 30.3 Å². The number of piperazine rings is 1. The van der Waals surface area contributed by atoms with Crippen molar-refractivity contribution in [2.45, 2.75) is 83.7 Å². The first-order valence-corrected chi connectivity index (χ1v) is 15.0. The maximum Gasteiger partial charge on any atom is 0.410 e. The first kappa shape index (κ1) is 28.5. The van der Waals surface area contributed by atoms with E-state index in [4.69, 9.17) is 24.2 Å². The van der Waals surface area contributed by atoms with Gasteiger partial charge in [-0.15, -0.1) is 0 Å². The van der Waals surface area contributed by atoms with E-state index in [0.717, 1.165) is 48.3 Å². The molecule has 2 amide bonds. The molecule has 4 aliphatic rings. The van der Waals surface area contributed by atoms with Gasteiger partial charge in [-0.1, -0.05) is 30.3 Å². The van der Waals surface area contributed by atoms with Gasteiger partial charge < -0.3 is 29.1 Å². The van der Waals surface area contributed by atoms with Crippen LogP contribution >= 0.6 is 0 Å². The normalized spacial score (nSPS) is 22.4. The van der Waals surface area contributed by atoms with E-state index < -0.39 is 5.60 Å². The number of amides is 2. The minimum atomic E-state index is -0.548. The predicted octanol–water partition coefficient (Wildman–Crippen LogP) is 3.91. The molecule has 42 heavy (non-hydrogen) atoms. The molecule has 1 saturated carbocycles. The Hall–Kier alpha value is -3.60. The molecular weight excluding hydrogens is 538 g/mol. The van der Waals surface area contributed by atoms with Gasteiger partial charge in [0.2, 0.25) is 0 Å². The molecule has 0 radical (unpaired) electrons. The Labute approximate surface area is 246 Å². The Morgan fingerprint density at radius 3 is 2.40 bits per heavy atom. The number of nitrogens with zero attached hydrogens (tertiary/aromatic N) is 5. The lowest BCUT2D eigenvalue weighted by Crippen LogP contribution is -2.57. The van der Waals surface area contributed by atoms with Crippen LogP contribution in [-0.4, -0.2) is 87.6 Å². The van der Waals surface area contributed by atoms with Crippen LogP contribution in [0.25, 0.3) is 0 Å². The second-order valence-corrected chi connectivity index (χ2v) is 13.1. The molecular formula is C31H41N5O6. The third-order valence-corrected chi connectivity index (χ3v) is 8.67. The van der Waals surface area contributed by atoms with Crippen LogP contribution < -0.4 is 9.64 Å². The van der Waals surface area contributed by atoms with E-state index in [1.165, 1.54) is 0 Å². The van der Waals surface area contributed by atoms with Gasteiger partial charge in [-0.05, 0) is 58.4 Å². The first-order valence-electron chi connectivity index (χ1n) is 15.0. The molecule has 11 nitrogen and oxygen atoms in total. The fourth-order valence-corrected chi connectivity index (χ4v) is 6.11. The molecule has 2 atom stereocenters. The summed E-state index contributed by atoms with van der Waals surface area (Å²) in [5.74, 6) is 0.807. The van der Waals surface area contributed by atoms with E-state index >= 15 is 0 Å². The average molecular weight is 580 g/mol. The summed E-state index contributed by atoms with van der Waals surface area (Å²) in [5, 5.41) is 9.79. The molecule has 1 aromatic heterocycles. The topological polar surface area (TPSA) is 118 Å². The van der Waals surface area contributed by atoms with Gasteiger partial charge in [0.1, 0.15) is 18.0 Å². The molecule has 1 aromatic carbocycles. The Balaban J connectivity index is 1.21. The highest BCUT2D eigenvalue weighted by molar-refractivity contribution is 5.71. The highest BCUT2D eigenvalue weighted by atomic mass is 16.6. The van der Waals surface area contributed by atoms with E-state index in [0.29, 0.717) is 39.2 Å². The number of rotatable bonds is 7. The van der Waals surface area contributed by atoms with Gasteiger partial charge in [0.05, 0.1) is 37.5 Å². The highest BCUT2D eigenvalue weighted by Gasteiger charge is 2.46. The molecule has 6 rings (SSSR count). The lowest BCUT2D eigenvalue weighted by atomic mass is 10.0. The maximum atomic E-state index is 13.0. The molecule has 4 heterocycles. The van der Waals surface area contributed by atoms with Crippen molar-refractivity contribution in [3.63, 3.8) is 0 Å². The van der Waals surface area contributed by atoms with E-state index in [2.05, 4.69) is 4.90 Å². The number of hydrogen-bond donors (Lipinski definition) is 1. The van der Waals surface area contributed by atoms with Crippen molar-refractivity contribution in [1.29, 1.82) is 0 Å². The lowest BCUT2D eigenvalue weighted by Gasteiger charge is -2.42. The van der Waals surface area contributed by atoms with E-state index in [1.807, 2.05) is 56.0 Å². The predicted molar refractivity (Wildman–Crippen MR) is 154 cm³/mol. The summed E-state index contributed by atoms with van der Waals surface area (Å²) in [5.41, 5.74) is 1.91. The largest absolute Gasteiger partial charge is 0.463 e. The number of benzene rings is 1. The highest BCUT2D eigenvalue weighted by Crippen LogP contribution is 2.45. The van der Waals surface area contributed by atoms with Crippen LogP contribution in [0.2, 0.25) is 0 Å². The van der Waals surface area contributed by atoms with Gasteiger partial charge >= 0.3 is 18.2 Å². The van der Waals surface area contributed by atoms with E-state index in [-0.39, 0.29) is 48.9 Å². The van der Waals surface area contributed by atoms with Gasteiger partial charge in [-0.3, -0.25) is 4.90 Å². The van der Waals surface area contributed by atoms with Gasteiger partial charge in [0.15, 0.2) is 0 Å². The van der Waals surface area contributed by atoms with Crippen molar-refractivity contribution in [2.75, 3.05) is 37.7 Å². The van der Waals surface area contributed by atoms with Gasteiger partial charge in [0.25, 0.3) is 0 Å². The summed E-state index contributed by atoms with van der Waals surface area (Å²) in [6.45, 7) is 8.37. The quantitative estimate of drug-likeness (QED) is 0.521. The number of hydrogen-bond acceptors (Lipinski definition) is 9. The van der Waals surface area contributed by atoms with Crippen molar-refractivity contribution in [3.8, 4) is 6.01 Å². The van der Waals surface area contributed by atoms with Crippen molar-refractivity contribution < 1.29 is 28.9 Å². The Morgan fingerprint density at radius 2 is 1.76 bits per heavy atom. The summed E-state index contributed by atoms with van der Waals surface area (Å²) in [4.78, 5) is 41.5. The number of carbonyl (C=O) groups excluding carboxylic acids is 2. The Kier molecular flexibility index (Phi) is 7.63. The minimum absolute atomic E-state index is 0.0331. The number of aliphatic hydroxyl groups is 1. The van der Waals surface area contributed by atoms with Crippen molar-refractivity contribution >= 4 is 18.0 Å². The van der Waals surface area contributed by atoms with Gasteiger partial charge in [-0.25, -0.2) is 9.59 Å². The average Bonchev–Trinajstić information content (AvgIpc) is 3.71. The summed E-state index contributed by atoms with van der Waals surface area (Å²) < 4.78 is 17.4. The number of ether oxygens (including phenoxy) is 3. The molecule has 1 aliphatic carbocycles. The SMILES string of the molecule is CC(C)(C)OC(=O)N1C2CCC1CN(c1nc(OCC3(CO)CC3)nc3c1CCN(C(=O)OCc1ccccc1)C3)C2. The fourth-order valence-electron chi connectivity index (χ4n) is 6.11. The molecule has 2 unspecified atom stereocenters. The molecule has 3 fully saturated rings. The Bertz CT molecular complexity index is 1300. The lowest BCUT2D eigenvalue weighted by molar-refractivity contribution is 0.0122. The fraction of sp³-hybridized carbons (Fsp3) is 0.613. The van der Waals surface area contributed by atoms with Crippen molar-refractivity contribution in [3.05, 3.63) is 47.2 Å². The molecule has 226 valence electrons. The molecule has 2 saturated heterocycles. The molecule has 2 aromatic rings. The monoisotopic (exact) mass is 579 g/mol. The van der Waals surface area contributed by atoms with Crippen LogP contribution in [0, 0.1) is 5.41 Å². The number of aromatic nitrogens is 2. The standard InChI is InChI=1S/C31H41N5O6/c1-30(2,3)42-29(39)36-22-9-10-23(36)16-35(15-22)26-24-11-14-34(28(38)40-18-21-7-5-4-6-8-21)17-25(24)32-27(33-26)41-20-31(19-37)12-13-31/h4-8,22-23,37H,9-20H2,1-3H3. The molecule has 2 bridgehead atoms. The van der Waals surface area contributed by atoms with Gasteiger partial charge in [-0.2, -0.15) is 9.97 Å². The van der Waals surface area contributed by atoms with Gasteiger partial charge in [0, 0.05) is 30.6 Å². The van der Waals surface area contributed by atoms with Crippen LogP contribution in [0.4, 0.5) is 15.4 Å². The second kappa shape index (κ2) is 11.2. The minimum Gasteiger partial charge on any atom is -0.463 e. The zero-order valence-corrected chi connectivity index (χ0v) is 24.8. The summed E-state index contributed by atoms with van der Waals surface area (Å²) in [6.07, 6.45) is 3.61. The molecule has 3 aliphatic heterocycles. The second-order valence-electron chi connectivity index (χ2n) is 13.1. The zero-order valence-electron chi connectivity index (χ0n) is 24.8. The van der Waals surface area contributed by atoms with Crippen LogP contribution in [0.3, 0.4) is 0 Å². The summed E-state index contributed by atoms with van der Waals surface area (Å²) in [6, 6.07) is 9.94. The van der Waals surface area contributed by atoms with Crippen molar-refractivity contribution in [1.82, 2.24) is 19.8 Å². The van der Waals surface area contributed by atoms with Crippen LogP contribution in [0.5, 0.6) is 6.01 Å². The molecule has 1 N–H and O–H groups in total.